The molecule has 0 aliphatic heterocycles. The summed E-state index contributed by atoms with van der Waals surface area (Å²) >= 11 is 0. The lowest BCUT2D eigenvalue weighted by Crippen LogP contribution is -2.23. The first kappa shape index (κ1) is 21.7. The van der Waals surface area contributed by atoms with Gasteiger partial charge in [0.15, 0.2) is 0 Å². The highest BCUT2D eigenvalue weighted by atomic mass is 19.1. The molecular formula is C26H24FNO4. The largest absolute Gasteiger partial charge is 0.481 e. The highest BCUT2D eigenvalue weighted by molar-refractivity contribution is 5.92. The van der Waals surface area contributed by atoms with Crippen LogP contribution >= 0.6 is 0 Å². The number of anilines is 1. The maximum Gasteiger partial charge on any atom is 0.306 e. The molecule has 3 aromatic rings. The summed E-state index contributed by atoms with van der Waals surface area (Å²) in [5.41, 5.74) is 2.46. The van der Waals surface area contributed by atoms with Crippen LogP contribution in [0.5, 0.6) is 0 Å². The van der Waals surface area contributed by atoms with Gasteiger partial charge in [0.25, 0.3) is 0 Å². The Morgan fingerprint density at radius 3 is 2.19 bits per heavy atom. The molecule has 1 amide bonds. The van der Waals surface area contributed by atoms with E-state index in [-0.39, 0.29) is 18.7 Å². The minimum Gasteiger partial charge on any atom is -0.481 e. The summed E-state index contributed by atoms with van der Waals surface area (Å²) in [6, 6.07) is 21.0. The number of amides is 1. The first-order valence-corrected chi connectivity index (χ1v) is 10.5. The molecule has 0 radical (unpaired) electrons. The second-order valence-electron chi connectivity index (χ2n) is 8.28. The minimum absolute atomic E-state index is 0.0401. The number of carboxylic acids is 1. The molecule has 0 heterocycles. The van der Waals surface area contributed by atoms with Gasteiger partial charge < -0.3 is 15.5 Å². The van der Waals surface area contributed by atoms with Crippen molar-refractivity contribution in [2.45, 2.75) is 31.3 Å². The molecule has 1 fully saturated rings. The van der Waals surface area contributed by atoms with E-state index in [0.717, 1.165) is 16.7 Å². The Hall–Kier alpha value is -3.51. The molecule has 32 heavy (non-hydrogen) atoms. The number of carbonyl (C=O) groups is 2. The van der Waals surface area contributed by atoms with Gasteiger partial charge in [-0.3, -0.25) is 9.59 Å². The average Bonchev–Trinajstić information content (AvgIpc) is 3.20. The molecular weight excluding hydrogens is 409 g/mol. The number of aliphatic hydroxyl groups is 1. The highest BCUT2D eigenvalue weighted by Crippen LogP contribution is 2.42. The summed E-state index contributed by atoms with van der Waals surface area (Å²) in [5.74, 6) is -2.07. The molecule has 5 nitrogen and oxygen atoms in total. The summed E-state index contributed by atoms with van der Waals surface area (Å²) in [4.78, 5) is 23.4. The predicted octanol–water partition coefficient (Wildman–Crippen LogP) is 4.75. The average molecular weight is 433 g/mol. The monoisotopic (exact) mass is 433 g/mol. The van der Waals surface area contributed by atoms with Crippen LogP contribution in [0.1, 0.15) is 30.4 Å². The number of carbonyl (C=O) groups excluding carboxylic acids is 1. The van der Waals surface area contributed by atoms with E-state index >= 15 is 0 Å². The number of halogens is 1. The Labute approximate surface area is 185 Å². The van der Waals surface area contributed by atoms with E-state index in [2.05, 4.69) is 5.32 Å². The summed E-state index contributed by atoms with van der Waals surface area (Å²) in [5, 5.41) is 22.8. The number of hydrogen-bond acceptors (Lipinski definition) is 3. The van der Waals surface area contributed by atoms with Gasteiger partial charge in [0.05, 0.1) is 17.9 Å². The quantitative estimate of drug-likeness (QED) is 0.524. The Bertz CT molecular complexity index is 1130. The van der Waals surface area contributed by atoms with Crippen LogP contribution < -0.4 is 5.32 Å². The molecule has 3 aromatic carbocycles. The molecule has 2 atom stereocenters. The van der Waals surface area contributed by atoms with Crippen LogP contribution in [-0.4, -0.2) is 22.1 Å². The second-order valence-corrected chi connectivity index (χ2v) is 8.28. The molecule has 0 aromatic heterocycles. The van der Waals surface area contributed by atoms with Crippen LogP contribution in [0, 0.1) is 11.7 Å². The minimum atomic E-state index is -1.10. The van der Waals surface area contributed by atoms with E-state index in [4.69, 9.17) is 0 Å². The molecule has 6 heteroatoms. The van der Waals surface area contributed by atoms with Crippen molar-refractivity contribution in [1.29, 1.82) is 0 Å². The first-order valence-electron chi connectivity index (χ1n) is 10.5. The number of nitrogens with one attached hydrogen (secondary N) is 1. The van der Waals surface area contributed by atoms with Crippen LogP contribution in [0.4, 0.5) is 10.1 Å². The van der Waals surface area contributed by atoms with E-state index in [1.54, 1.807) is 30.3 Å². The van der Waals surface area contributed by atoms with Crippen molar-refractivity contribution in [1.82, 2.24) is 0 Å². The molecule has 3 N–H and O–H groups in total. The van der Waals surface area contributed by atoms with Gasteiger partial charge in [-0.2, -0.15) is 0 Å². The van der Waals surface area contributed by atoms with Crippen LogP contribution in [0.25, 0.3) is 11.1 Å². The fourth-order valence-corrected chi connectivity index (χ4v) is 4.24. The Morgan fingerprint density at radius 2 is 1.59 bits per heavy atom. The van der Waals surface area contributed by atoms with Gasteiger partial charge in [0.1, 0.15) is 5.82 Å². The van der Waals surface area contributed by atoms with Crippen LogP contribution in [0.2, 0.25) is 0 Å². The van der Waals surface area contributed by atoms with Crippen LogP contribution in [0.3, 0.4) is 0 Å². The predicted molar refractivity (Wildman–Crippen MR) is 119 cm³/mol. The first-order chi connectivity index (χ1) is 15.3. The van der Waals surface area contributed by atoms with Crippen molar-refractivity contribution < 1.29 is 24.2 Å². The van der Waals surface area contributed by atoms with Crippen molar-refractivity contribution >= 4 is 17.6 Å². The van der Waals surface area contributed by atoms with Gasteiger partial charge in [0.2, 0.25) is 5.91 Å². The third kappa shape index (κ3) is 4.70. The van der Waals surface area contributed by atoms with Crippen molar-refractivity contribution in [3.63, 3.8) is 0 Å². The zero-order chi connectivity index (χ0) is 22.7. The van der Waals surface area contributed by atoms with E-state index in [1.165, 1.54) is 6.07 Å². The lowest BCUT2D eigenvalue weighted by atomic mass is 9.90. The number of benzene rings is 3. The number of carboxylic acid groups (broad SMARTS) is 1. The number of hydrogen-bond donors (Lipinski definition) is 3. The lowest BCUT2D eigenvalue weighted by Gasteiger charge is -2.23. The van der Waals surface area contributed by atoms with Crippen molar-refractivity contribution in [3.05, 3.63) is 89.7 Å². The molecule has 1 aliphatic carbocycles. The van der Waals surface area contributed by atoms with E-state index in [0.29, 0.717) is 24.1 Å². The molecule has 4 rings (SSSR count). The van der Waals surface area contributed by atoms with Crippen molar-refractivity contribution in [3.8, 4) is 11.1 Å². The van der Waals surface area contributed by atoms with Gasteiger partial charge >= 0.3 is 5.97 Å². The SMILES string of the molecule is O=C(Cc1ccccc1F)Nc1ccc(-c2ccc([C@@]3(O)CC[C@H](C(=O)O)C3)cc2)cc1. The topological polar surface area (TPSA) is 86.6 Å². The highest BCUT2D eigenvalue weighted by Gasteiger charge is 2.41. The van der Waals surface area contributed by atoms with E-state index < -0.39 is 23.3 Å². The molecule has 164 valence electrons. The van der Waals surface area contributed by atoms with Crippen molar-refractivity contribution in [2.75, 3.05) is 5.32 Å². The Kier molecular flexibility index (Phi) is 6.06. The molecule has 0 saturated heterocycles. The van der Waals surface area contributed by atoms with Gasteiger partial charge in [-0.1, -0.05) is 54.6 Å². The van der Waals surface area contributed by atoms with E-state index in [1.807, 2.05) is 36.4 Å². The number of rotatable bonds is 6. The third-order valence-corrected chi connectivity index (χ3v) is 6.07. The molecule has 0 unspecified atom stereocenters. The fraction of sp³-hybridized carbons (Fsp3) is 0.231. The molecule has 1 saturated carbocycles. The second kappa shape index (κ2) is 8.93. The molecule has 0 spiro atoms. The van der Waals surface area contributed by atoms with E-state index in [9.17, 15) is 24.2 Å². The molecule has 0 bridgehead atoms. The van der Waals surface area contributed by atoms with Gasteiger partial charge in [-0.25, -0.2) is 4.39 Å². The van der Waals surface area contributed by atoms with Gasteiger partial charge in [-0.05, 0) is 59.7 Å². The summed E-state index contributed by atoms with van der Waals surface area (Å²) in [7, 11) is 0. The summed E-state index contributed by atoms with van der Waals surface area (Å²) < 4.78 is 13.7. The van der Waals surface area contributed by atoms with Crippen LogP contribution in [0.15, 0.2) is 72.8 Å². The fourth-order valence-electron chi connectivity index (χ4n) is 4.24. The number of aliphatic carboxylic acids is 1. The Morgan fingerprint density at radius 1 is 0.969 bits per heavy atom. The zero-order valence-corrected chi connectivity index (χ0v) is 17.4. The summed E-state index contributed by atoms with van der Waals surface area (Å²) in [6.07, 6.45) is 1.09. The van der Waals surface area contributed by atoms with Crippen molar-refractivity contribution in [2.24, 2.45) is 5.92 Å². The maximum absolute atomic E-state index is 13.7. The lowest BCUT2D eigenvalue weighted by molar-refractivity contribution is -0.142. The smallest absolute Gasteiger partial charge is 0.306 e. The maximum atomic E-state index is 13.7. The summed E-state index contributed by atoms with van der Waals surface area (Å²) in [6.45, 7) is 0. The van der Waals surface area contributed by atoms with Gasteiger partial charge in [-0.15, -0.1) is 0 Å². The van der Waals surface area contributed by atoms with Crippen LogP contribution in [-0.2, 0) is 21.6 Å². The zero-order valence-electron chi connectivity index (χ0n) is 17.4. The Balaban J connectivity index is 1.40. The normalized spacial score (nSPS) is 20.1. The standard InChI is InChI=1S/C26H24FNO4/c27-23-4-2-1-3-19(23)15-24(29)28-22-11-7-18(8-12-22)17-5-9-21(10-6-17)26(32)14-13-20(16-26)25(30)31/h1-12,20,32H,13-16H2,(H,28,29)(H,30,31)/t20-,26+/m0/s1. The third-order valence-electron chi connectivity index (χ3n) is 6.07. The van der Waals surface area contributed by atoms with Gasteiger partial charge in [0, 0.05) is 5.69 Å². The molecule has 1 aliphatic rings.